The van der Waals surface area contributed by atoms with Gasteiger partial charge in [0.2, 0.25) is 6.10 Å². The number of hydrogen-bond acceptors (Lipinski definition) is 5. The number of likely N-dealkylation sites (N-methyl/N-ethyl adjacent to an activating group) is 1. The third-order valence-electron chi connectivity index (χ3n) is 3.94. The van der Waals surface area contributed by atoms with Crippen LogP contribution in [0.3, 0.4) is 0 Å². The van der Waals surface area contributed by atoms with Crippen LogP contribution in [0.2, 0.25) is 5.02 Å². The number of nitrogens with one attached hydrogen (secondary N) is 1. The predicted octanol–water partition coefficient (Wildman–Crippen LogP) is 4.60. The first-order chi connectivity index (χ1) is 12.6. The highest BCUT2D eigenvalue weighted by Gasteiger charge is 2.24. The molecule has 0 radical (unpaired) electrons. The summed E-state index contributed by atoms with van der Waals surface area (Å²) in [5, 5.41) is 7.15. The average molecular weight is 412 g/mol. The van der Waals surface area contributed by atoms with E-state index < -0.39 is 11.9 Å². The number of rotatable bonds is 7. The Hall–Kier alpha value is -2.15. The van der Waals surface area contributed by atoms with Crippen LogP contribution in [-0.2, 0) is 6.42 Å². The predicted molar refractivity (Wildman–Crippen MR) is 104 cm³/mol. The molecule has 0 spiro atoms. The summed E-state index contributed by atoms with van der Waals surface area (Å²) in [5.41, 5.74) is 0.838. The van der Waals surface area contributed by atoms with E-state index in [9.17, 15) is 4.39 Å². The summed E-state index contributed by atoms with van der Waals surface area (Å²) >= 11 is 5.85. The molecule has 0 amide bonds. The van der Waals surface area contributed by atoms with Gasteiger partial charge in [-0.15, -0.1) is 12.4 Å². The Morgan fingerprint density at radius 1 is 1.22 bits per heavy atom. The van der Waals surface area contributed by atoms with Crippen LogP contribution < -0.4 is 10.1 Å². The molecule has 2 atom stereocenters. The van der Waals surface area contributed by atoms with Crippen molar-refractivity contribution < 1.29 is 13.7 Å². The molecule has 2 aromatic carbocycles. The lowest BCUT2D eigenvalue weighted by Crippen LogP contribution is -2.24. The SMILES string of the molecule is CNC(C)Cc1noc(C(Oc2ccc(F)c(Cl)c2)c2ccccc2)n1.Cl. The monoisotopic (exact) mass is 411 g/mol. The molecule has 1 heterocycles. The van der Waals surface area contributed by atoms with Gasteiger partial charge in [0.25, 0.3) is 5.89 Å². The van der Waals surface area contributed by atoms with Crippen molar-refractivity contribution in [1.29, 1.82) is 0 Å². The molecule has 0 aliphatic carbocycles. The summed E-state index contributed by atoms with van der Waals surface area (Å²) in [6.07, 6.45) is 0.00744. The molecule has 3 aromatic rings. The zero-order chi connectivity index (χ0) is 18.5. The van der Waals surface area contributed by atoms with Gasteiger partial charge >= 0.3 is 0 Å². The van der Waals surface area contributed by atoms with E-state index in [4.69, 9.17) is 20.9 Å². The molecule has 1 aromatic heterocycles. The minimum atomic E-state index is -0.621. The minimum Gasteiger partial charge on any atom is -0.476 e. The van der Waals surface area contributed by atoms with Crippen molar-refractivity contribution in [3.63, 3.8) is 0 Å². The Balaban J connectivity index is 0.00000261. The molecule has 0 fully saturated rings. The third-order valence-corrected chi connectivity index (χ3v) is 4.23. The van der Waals surface area contributed by atoms with Crippen molar-refractivity contribution in [2.45, 2.75) is 25.5 Å². The number of benzene rings is 2. The maximum absolute atomic E-state index is 13.4. The molecular weight excluding hydrogens is 392 g/mol. The fraction of sp³-hybridized carbons (Fsp3) is 0.263. The lowest BCUT2D eigenvalue weighted by atomic mass is 10.1. The van der Waals surface area contributed by atoms with Gasteiger partial charge in [-0.2, -0.15) is 4.98 Å². The average Bonchev–Trinajstić information content (AvgIpc) is 3.11. The molecule has 144 valence electrons. The first-order valence-electron chi connectivity index (χ1n) is 8.23. The fourth-order valence-electron chi connectivity index (χ4n) is 2.41. The van der Waals surface area contributed by atoms with E-state index in [1.54, 1.807) is 0 Å². The smallest absolute Gasteiger partial charge is 0.272 e. The van der Waals surface area contributed by atoms with Crippen LogP contribution in [0.5, 0.6) is 5.75 Å². The molecule has 27 heavy (non-hydrogen) atoms. The Bertz CT molecular complexity index is 861. The summed E-state index contributed by atoms with van der Waals surface area (Å²) in [5.74, 6) is 0.823. The molecule has 0 bridgehead atoms. The Kier molecular flexibility index (Phi) is 7.59. The van der Waals surface area contributed by atoms with E-state index in [1.165, 1.54) is 18.2 Å². The first kappa shape index (κ1) is 21.2. The van der Waals surface area contributed by atoms with Crippen molar-refractivity contribution in [1.82, 2.24) is 15.5 Å². The maximum Gasteiger partial charge on any atom is 0.272 e. The molecule has 0 saturated carbocycles. The quantitative estimate of drug-likeness (QED) is 0.615. The first-order valence-corrected chi connectivity index (χ1v) is 8.61. The molecular formula is C19H20Cl2FN3O2. The van der Waals surface area contributed by atoms with E-state index >= 15 is 0 Å². The third kappa shape index (κ3) is 5.42. The van der Waals surface area contributed by atoms with Crippen molar-refractivity contribution in [2.75, 3.05) is 7.05 Å². The number of halogens is 3. The van der Waals surface area contributed by atoms with Crippen LogP contribution in [0.15, 0.2) is 53.1 Å². The van der Waals surface area contributed by atoms with Crippen LogP contribution in [0, 0.1) is 5.82 Å². The van der Waals surface area contributed by atoms with E-state index in [1.807, 2.05) is 44.3 Å². The second kappa shape index (κ2) is 9.69. The highest BCUT2D eigenvalue weighted by molar-refractivity contribution is 6.30. The molecule has 0 aliphatic rings. The van der Waals surface area contributed by atoms with E-state index in [0.29, 0.717) is 23.9 Å². The van der Waals surface area contributed by atoms with Crippen LogP contribution >= 0.6 is 24.0 Å². The minimum absolute atomic E-state index is 0. The molecule has 5 nitrogen and oxygen atoms in total. The van der Waals surface area contributed by atoms with Crippen molar-refractivity contribution in [3.8, 4) is 5.75 Å². The van der Waals surface area contributed by atoms with Crippen LogP contribution in [0.25, 0.3) is 0 Å². The van der Waals surface area contributed by atoms with Gasteiger partial charge < -0.3 is 14.6 Å². The lowest BCUT2D eigenvalue weighted by Gasteiger charge is -2.16. The second-order valence-corrected chi connectivity index (χ2v) is 6.33. The van der Waals surface area contributed by atoms with Crippen LogP contribution in [0.1, 0.15) is 30.3 Å². The van der Waals surface area contributed by atoms with Gasteiger partial charge in [0.15, 0.2) is 5.82 Å². The number of hydrogen-bond donors (Lipinski definition) is 1. The normalized spacial score (nSPS) is 12.9. The van der Waals surface area contributed by atoms with Gasteiger partial charge in [-0.05, 0) is 26.1 Å². The topological polar surface area (TPSA) is 60.2 Å². The summed E-state index contributed by atoms with van der Waals surface area (Å²) < 4.78 is 24.8. The van der Waals surface area contributed by atoms with E-state index in [-0.39, 0.29) is 23.5 Å². The Morgan fingerprint density at radius 3 is 2.63 bits per heavy atom. The van der Waals surface area contributed by atoms with Crippen molar-refractivity contribution in [2.24, 2.45) is 0 Å². The molecule has 2 unspecified atom stereocenters. The summed E-state index contributed by atoms with van der Waals surface area (Å²) in [4.78, 5) is 4.46. The summed E-state index contributed by atoms with van der Waals surface area (Å²) in [6.45, 7) is 2.03. The summed E-state index contributed by atoms with van der Waals surface area (Å²) in [6, 6.07) is 13.9. The number of ether oxygens (including phenoxy) is 1. The van der Waals surface area contributed by atoms with Gasteiger partial charge in [0, 0.05) is 24.1 Å². The molecule has 0 aliphatic heterocycles. The zero-order valence-corrected chi connectivity index (χ0v) is 16.4. The standard InChI is InChI=1S/C19H19ClFN3O2.ClH/c1-12(22-2)10-17-23-19(26-24-17)18(13-6-4-3-5-7-13)25-14-8-9-16(21)15(20)11-14;/h3-9,11-12,18,22H,10H2,1-2H3;1H. The Morgan fingerprint density at radius 2 is 1.96 bits per heavy atom. The van der Waals surface area contributed by atoms with Crippen LogP contribution in [0.4, 0.5) is 4.39 Å². The highest BCUT2D eigenvalue weighted by atomic mass is 35.5. The summed E-state index contributed by atoms with van der Waals surface area (Å²) in [7, 11) is 1.87. The number of nitrogens with zero attached hydrogens (tertiary/aromatic N) is 2. The number of aromatic nitrogens is 2. The van der Waals surface area contributed by atoms with E-state index in [0.717, 1.165) is 5.56 Å². The fourth-order valence-corrected chi connectivity index (χ4v) is 2.58. The molecule has 8 heteroatoms. The van der Waals surface area contributed by atoms with Crippen molar-refractivity contribution in [3.05, 3.63) is 76.6 Å². The van der Waals surface area contributed by atoms with Gasteiger partial charge in [-0.1, -0.05) is 47.1 Å². The molecule has 3 rings (SSSR count). The highest BCUT2D eigenvalue weighted by Crippen LogP contribution is 2.30. The van der Waals surface area contributed by atoms with E-state index in [2.05, 4.69) is 15.5 Å². The molecule has 1 N–H and O–H groups in total. The lowest BCUT2D eigenvalue weighted by molar-refractivity contribution is 0.193. The van der Waals surface area contributed by atoms with Crippen LogP contribution in [-0.4, -0.2) is 23.2 Å². The molecule has 0 saturated heterocycles. The maximum atomic E-state index is 13.4. The van der Waals surface area contributed by atoms with Gasteiger partial charge in [0.1, 0.15) is 11.6 Å². The van der Waals surface area contributed by atoms with Gasteiger partial charge in [0.05, 0.1) is 5.02 Å². The Labute approximate surface area is 168 Å². The van der Waals surface area contributed by atoms with Crippen molar-refractivity contribution >= 4 is 24.0 Å². The zero-order valence-electron chi connectivity index (χ0n) is 14.9. The largest absolute Gasteiger partial charge is 0.476 e. The van der Waals surface area contributed by atoms with Gasteiger partial charge in [-0.3, -0.25) is 0 Å². The van der Waals surface area contributed by atoms with Gasteiger partial charge in [-0.25, -0.2) is 4.39 Å². The second-order valence-electron chi connectivity index (χ2n) is 5.93.